The standard InChI is InChI=1S/C9H13ClN2O2/c1-3-14-9(13)4-7(2)12-6-8(10)5-11-12/h5-7H,3-4H2,1-2H3. The van der Waals surface area contributed by atoms with E-state index in [1.807, 2.05) is 6.92 Å². The van der Waals surface area contributed by atoms with Crippen LogP contribution < -0.4 is 0 Å². The summed E-state index contributed by atoms with van der Waals surface area (Å²) < 4.78 is 6.48. The molecule has 1 rings (SSSR count). The third kappa shape index (κ3) is 3.03. The molecule has 0 bridgehead atoms. The molecule has 0 fully saturated rings. The van der Waals surface area contributed by atoms with Gasteiger partial charge in [0.25, 0.3) is 0 Å². The first-order valence-electron chi connectivity index (χ1n) is 4.48. The van der Waals surface area contributed by atoms with Gasteiger partial charge in [-0.1, -0.05) is 11.6 Å². The molecule has 4 nitrogen and oxygen atoms in total. The summed E-state index contributed by atoms with van der Waals surface area (Å²) in [6.07, 6.45) is 3.54. The van der Waals surface area contributed by atoms with Crippen LogP contribution in [0.25, 0.3) is 0 Å². The Morgan fingerprint density at radius 2 is 2.50 bits per heavy atom. The lowest BCUT2D eigenvalue weighted by Crippen LogP contribution is -2.13. The van der Waals surface area contributed by atoms with Gasteiger partial charge < -0.3 is 4.74 Å². The van der Waals surface area contributed by atoms with E-state index in [4.69, 9.17) is 16.3 Å². The Morgan fingerprint density at radius 3 is 3.00 bits per heavy atom. The molecule has 0 radical (unpaired) electrons. The van der Waals surface area contributed by atoms with Gasteiger partial charge >= 0.3 is 5.97 Å². The molecule has 1 atom stereocenters. The molecule has 0 saturated heterocycles. The van der Waals surface area contributed by atoms with Gasteiger partial charge in [-0.2, -0.15) is 5.10 Å². The molecule has 1 aromatic rings. The van der Waals surface area contributed by atoms with Gasteiger partial charge in [0, 0.05) is 6.20 Å². The van der Waals surface area contributed by atoms with Crippen molar-refractivity contribution in [1.82, 2.24) is 9.78 Å². The molecule has 0 aromatic carbocycles. The van der Waals surface area contributed by atoms with Gasteiger partial charge in [-0.05, 0) is 13.8 Å². The highest BCUT2D eigenvalue weighted by molar-refractivity contribution is 6.30. The molecule has 0 aliphatic heterocycles. The van der Waals surface area contributed by atoms with Crippen LogP contribution in [-0.4, -0.2) is 22.4 Å². The summed E-state index contributed by atoms with van der Waals surface area (Å²) in [5.74, 6) is -0.216. The Hall–Kier alpha value is -1.03. The minimum atomic E-state index is -0.216. The van der Waals surface area contributed by atoms with Crippen molar-refractivity contribution in [3.05, 3.63) is 17.4 Å². The van der Waals surface area contributed by atoms with Crippen molar-refractivity contribution in [3.8, 4) is 0 Å². The molecule has 5 heteroatoms. The Labute approximate surface area is 87.8 Å². The molecular formula is C9H13ClN2O2. The van der Waals surface area contributed by atoms with Gasteiger partial charge in [-0.25, -0.2) is 0 Å². The van der Waals surface area contributed by atoms with E-state index in [0.717, 1.165) is 0 Å². The van der Waals surface area contributed by atoms with Crippen LogP contribution in [0.5, 0.6) is 0 Å². The number of carbonyl (C=O) groups is 1. The fraction of sp³-hybridized carbons (Fsp3) is 0.556. The van der Waals surface area contributed by atoms with Crippen molar-refractivity contribution in [2.45, 2.75) is 26.3 Å². The quantitative estimate of drug-likeness (QED) is 0.724. The molecule has 0 aliphatic carbocycles. The molecule has 1 heterocycles. The van der Waals surface area contributed by atoms with E-state index < -0.39 is 0 Å². The fourth-order valence-electron chi connectivity index (χ4n) is 1.11. The normalized spacial score (nSPS) is 12.5. The summed E-state index contributed by atoms with van der Waals surface area (Å²) in [6, 6.07) is -0.0263. The second-order valence-electron chi connectivity index (χ2n) is 3.00. The van der Waals surface area contributed by atoms with Gasteiger partial charge in [-0.3, -0.25) is 9.48 Å². The number of aromatic nitrogens is 2. The first-order chi connectivity index (χ1) is 6.63. The van der Waals surface area contributed by atoms with Crippen LogP contribution in [-0.2, 0) is 9.53 Å². The lowest BCUT2D eigenvalue weighted by Gasteiger charge is -2.10. The first-order valence-corrected chi connectivity index (χ1v) is 4.86. The third-order valence-electron chi connectivity index (χ3n) is 1.79. The molecule has 14 heavy (non-hydrogen) atoms. The minimum Gasteiger partial charge on any atom is -0.466 e. The Kier molecular flexibility index (Phi) is 3.95. The Morgan fingerprint density at radius 1 is 1.79 bits per heavy atom. The van der Waals surface area contributed by atoms with Gasteiger partial charge in [0.2, 0.25) is 0 Å². The molecule has 0 aliphatic rings. The molecule has 1 aromatic heterocycles. The zero-order chi connectivity index (χ0) is 10.6. The maximum atomic E-state index is 11.1. The van der Waals surface area contributed by atoms with Gasteiger partial charge in [-0.15, -0.1) is 0 Å². The van der Waals surface area contributed by atoms with Crippen LogP contribution in [0.3, 0.4) is 0 Å². The molecule has 0 saturated carbocycles. The zero-order valence-electron chi connectivity index (χ0n) is 8.24. The van der Waals surface area contributed by atoms with Crippen molar-refractivity contribution in [2.24, 2.45) is 0 Å². The highest BCUT2D eigenvalue weighted by atomic mass is 35.5. The van der Waals surface area contributed by atoms with Crippen LogP contribution in [0, 0.1) is 0 Å². The largest absolute Gasteiger partial charge is 0.466 e. The van der Waals surface area contributed by atoms with Crippen molar-refractivity contribution in [2.75, 3.05) is 6.61 Å². The minimum absolute atomic E-state index is 0.0263. The highest BCUT2D eigenvalue weighted by Gasteiger charge is 2.12. The number of hydrogen-bond acceptors (Lipinski definition) is 3. The number of nitrogens with zero attached hydrogens (tertiary/aromatic N) is 2. The van der Waals surface area contributed by atoms with E-state index in [9.17, 15) is 4.79 Å². The van der Waals surface area contributed by atoms with Crippen LogP contribution in [0.4, 0.5) is 0 Å². The lowest BCUT2D eigenvalue weighted by molar-refractivity contribution is -0.143. The highest BCUT2D eigenvalue weighted by Crippen LogP contribution is 2.13. The molecule has 1 unspecified atom stereocenters. The van der Waals surface area contributed by atoms with Crippen molar-refractivity contribution >= 4 is 17.6 Å². The first kappa shape index (κ1) is 11.0. The van der Waals surface area contributed by atoms with E-state index in [0.29, 0.717) is 18.1 Å². The average molecular weight is 217 g/mol. The predicted molar refractivity (Wildman–Crippen MR) is 53.2 cm³/mol. The van der Waals surface area contributed by atoms with E-state index in [1.54, 1.807) is 24.0 Å². The van der Waals surface area contributed by atoms with E-state index in [-0.39, 0.29) is 12.0 Å². The third-order valence-corrected chi connectivity index (χ3v) is 1.98. The summed E-state index contributed by atoms with van der Waals surface area (Å²) in [6.45, 7) is 4.08. The van der Waals surface area contributed by atoms with Crippen molar-refractivity contribution < 1.29 is 9.53 Å². The number of ether oxygens (including phenoxy) is 1. The summed E-state index contributed by atoms with van der Waals surface area (Å²) in [5.41, 5.74) is 0. The number of hydrogen-bond donors (Lipinski definition) is 0. The second kappa shape index (κ2) is 5.00. The van der Waals surface area contributed by atoms with Crippen LogP contribution in [0.1, 0.15) is 26.3 Å². The maximum Gasteiger partial charge on any atom is 0.307 e. The smallest absolute Gasteiger partial charge is 0.307 e. The summed E-state index contributed by atoms with van der Waals surface area (Å²) >= 11 is 5.70. The lowest BCUT2D eigenvalue weighted by atomic mass is 10.2. The molecular weight excluding hydrogens is 204 g/mol. The number of esters is 1. The van der Waals surface area contributed by atoms with Crippen LogP contribution >= 0.6 is 11.6 Å². The summed E-state index contributed by atoms with van der Waals surface area (Å²) in [4.78, 5) is 11.1. The fourth-order valence-corrected chi connectivity index (χ4v) is 1.25. The molecule has 0 N–H and O–H groups in total. The van der Waals surface area contributed by atoms with Gasteiger partial charge in [0.15, 0.2) is 0 Å². The van der Waals surface area contributed by atoms with E-state index >= 15 is 0 Å². The summed E-state index contributed by atoms with van der Waals surface area (Å²) in [7, 11) is 0. The van der Waals surface area contributed by atoms with Gasteiger partial charge in [0.05, 0.1) is 30.3 Å². The Bertz CT molecular complexity index is 312. The van der Waals surface area contributed by atoms with Gasteiger partial charge in [0.1, 0.15) is 0 Å². The number of halogens is 1. The number of rotatable bonds is 4. The van der Waals surface area contributed by atoms with E-state index in [1.165, 1.54) is 0 Å². The average Bonchev–Trinajstić information content (AvgIpc) is 2.52. The molecule has 0 amide bonds. The van der Waals surface area contributed by atoms with E-state index in [2.05, 4.69) is 5.10 Å². The zero-order valence-corrected chi connectivity index (χ0v) is 8.99. The SMILES string of the molecule is CCOC(=O)CC(C)n1cc(Cl)cn1. The van der Waals surface area contributed by atoms with Crippen molar-refractivity contribution in [1.29, 1.82) is 0 Å². The summed E-state index contributed by atoms with van der Waals surface area (Å²) in [5, 5.41) is 4.58. The number of carbonyl (C=O) groups excluding carboxylic acids is 1. The topological polar surface area (TPSA) is 44.1 Å². The second-order valence-corrected chi connectivity index (χ2v) is 3.43. The monoisotopic (exact) mass is 216 g/mol. The van der Waals surface area contributed by atoms with Crippen molar-refractivity contribution in [3.63, 3.8) is 0 Å². The van der Waals surface area contributed by atoms with Crippen LogP contribution in [0.15, 0.2) is 12.4 Å². The van der Waals surface area contributed by atoms with Crippen LogP contribution in [0.2, 0.25) is 5.02 Å². The maximum absolute atomic E-state index is 11.1. The molecule has 78 valence electrons. The Balaban J connectivity index is 2.50. The predicted octanol–water partition coefficient (Wildman–Crippen LogP) is 2.05. The molecule has 0 spiro atoms.